The fourth-order valence-electron chi connectivity index (χ4n) is 2.37. The van der Waals surface area contributed by atoms with Gasteiger partial charge in [0.15, 0.2) is 0 Å². The minimum atomic E-state index is -0.00283. The van der Waals surface area contributed by atoms with Crippen molar-refractivity contribution in [1.82, 2.24) is 5.32 Å². The summed E-state index contributed by atoms with van der Waals surface area (Å²) in [5, 5.41) is 5.93. The zero-order valence-corrected chi connectivity index (χ0v) is 12.5. The summed E-state index contributed by atoms with van der Waals surface area (Å²) in [7, 11) is 0. The summed E-state index contributed by atoms with van der Waals surface area (Å²) in [6.45, 7) is 4.15. The van der Waals surface area contributed by atoms with E-state index in [0.717, 1.165) is 17.0 Å². The van der Waals surface area contributed by atoms with E-state index < -0.39 is 0 Å². The van der Waals surface area contributed by atoms with Crippen LogP contribution in [0.2, 0.25) is 5.02 Å². The fourth-order valence-corrected chi connectivity index (χ4v) is 2.59. The average molecular weight is 288 g/mol. The number of hydrogen-bond donors (Lipinski definition) is 1. The smallest absolute Gasteiger partial charge is 0.216 e. The van der Waals surface area contributed by atoms with Gasteiger partial charge in [0.1, 0.15) is 0 Å². The summed E-state index contributed by atoms with van der Waals surface area (Å²) in [5.74, 6) is -0.00283. The van der Waals surface area contributed by atoms with Crippen LogP contribution in [0, 0.1) is 0 Å². The Morgan fingerprint density at radius 2 is 2.10 bits per heavy atom. The molecular weight excluding hydrogens is 270 g/mol. The number of allylic oxidation sites excluding steroid dienone is 1. The maximum absolute atomic E-state index is 11.0. The van der Waals surface area contributed by atoms with Gasteiger partial charge < -0.3 is 5.32 Å². The van der Waals surface area contributed by atoms with Crippen LogP contribution in [0.4, 0.5) is 0 Å². The first kappa shape index (κ1) is 14.6. The lowest BCUT2D eigenvalue weighted by molar-refractivity contribution is -0.118. The summed E-state index contributed by atoms with van der Waals surface area (Å²) < 4.78 is 0. The van der Waals surface area contributed by atoms with Crippen molar-refractivity contribution in [2.45, 2.75) is 20.3 Å². The normalized spacial score (nSPS) is 11.2. The van der Waals surface area contributed by atoms with E-state index in [2.05, 4.69) is 17.4 Å². The molecule has 2 rings (SSSR count). The van der Waals surface area contributed by atoms with Gasteiger partial charge >= 0.3 is 0 Å². The summed E-state index contributed by atoms with van der Waals surface area (Å²) in [6, 6.07) is 10.2. The highest BCUT2D eigenvalue weighted by atomic mass is 35.5. The molecular formula is C17H18ClNO. The molecule has 0 spiro atoms. The Morgan fingerprint density at radius 1 is 1.30 bits per heavy atom. The van der Waals surface area contributed by atoms with Gasteiger partial charge in [-0.1, -0.05) is 48.0 Å². The molecule has 1 N–H and O–H groups in total. The number of benzene rings is 2. The minimum absolute atomic E-state index is 0.00283. The van der Waals surface area contributed by atoms with Crippen molar-refractivity contribution in [2.24, 2.45) is 0 Å². The Kier molecular flexibility index (Phi) is 4.80. The monoisotopic (exact) mass is 287 g/mol. The number of carbonyl (C=O) groups excluding carboxylic acids is 1. The number of amides is 1. The summed E-state index contributed by atoms with van der Waals surface area (Å²) >= 11 is 6.32. The molecule has 20 heavy (non-hydrogen) atoms. The molecule has 0 saturated heterocycles. The molecule has 0 radical (unpaired) electrons. The van der Waals surface area contributed by atoms with Gasteiger partial charge in [0.2, 0.25) is 5.91 Å². The number of carbonyl (C=O) groups is 1. The van der Waals surface area contributed by atoms with Gasteiger partial charge in [-0.15, -0.1) is 0 Å². The van der Waals surface area contributed by atoms with Crippen molar-refractivity contribution >= 4 is 34.4 Å². The Morgan fingerprint density at radius 3 is 2.80 bits per heavy atom. The van der Waals surface area contributed by atoms with Crippen molar-refractivity contribution in [1.29, 1.82) is 0 Å². The van der Waals surface area contributed by atoms with Crippen molar-refractivity contribution in [3.63, 3.8) is 0 Å². The lowest BCUT2D eigenvalue weighted by atomic mass is 9.97. The van der Waals surface area contributed by atoms with Gasteiger partial charge in [-0.2, -0.15) is 0 Å². The number of fused-ring (bicyclic) bond motifs is 1. The molecule has 0 bridgehead atoms. The van der Waals surface area contributed by atoms with Crippen molar-refractivity contribution in [3.8, 4) is 0 Å². The highest BCUT2D eigenvalue weighted by Crippen LogP contribution is 2.30. The molecule has 0 aromatic heterocycles. The quantitative estimate of drug-likeness (QED) is 0.897. The summed E-state index contributed by atoms with van der Waals surface area (Å²) in [5.41, 5.74) is 2.25. The molecule has 0 atom stereocenters. The van der Waals surface area contributed by atoms with E-state index in [0.29, 0.717) is 6.54 Å². The molecule has 3 heteroatoms. The topological polar surface area (TPSA) is 29.1 Å². The van der Waals surface area contributed by atoms with Gasteiger partial charge in [0.05, 0.1) is 0 Å². The third-order valence-corrected chi connectivity index (χ3v) is 3.55. The molecule has 0 aliphatic carbocycles. The van der Waals surface area contributed by atoms with E-state index in [1.807, 2.05) is 37.3 Å². The molecule has 0 aliphatic heterocycles. The Balaban J connectivity index is 2.48. The van der Waals surface area contributed by atoms with E-state index in [9.17, 15) is 4.79 Å². The van der Waals surface area contributed by atoms with Crippen LogP contribution >= 0.6 is 11.6 Å². The highest BCUT2D eigenvalue weighted by Gasteiger charge is 2.08. The van der Waals surface area contributed by atoms with Crippen LogP contribution in [-0.4, -0.2) is 12.5 Å². The predicted octanol–water partition coefficient (Wildman–Crippen LogP) is 4.20. The summed E-state index contributed by atoms with van der Waals surface area (Å²) in [4.78, 5) is 11.0. The molecule has 0 heterocycles. The maximum atomic E-state index is 11.0. The van der Waals surface area contributed by atoms with E-state index in [4.69, 9.17) is 11.6 Å². The molecule has 2 aromatic rings. The molecule has 2 nitrogen and oxygen atoms in total. The second-order valence-electron chi connectivity index (χ2n) is 4.71. The minimum Gasteiger partial charge on any atom is -0.356 e. The van der Waals surface area contributed by atoms with Gasteiger partial charge in [-0.05, 0) is 35.7 Å². The molecule has 0 saturated carbocycles. The molecule has 0 fully saturated rings. The fraction of sp³-hybridized carbons (Fsp3) is 0.235. The SMILES string of the molecule is CC=Cc1c(Cl)ccc2cccc(CCNC(C)=O)c12. The Labute approximate surface area is 124 Å². The maximum Gasteiger partial charge on any atom is 0.216 e. The lowest BCUT2D eigenvalue weighted by Crippen LogP contribution is -2.22. The van der Waals surface area contributed by atoms with Crippen LogP contribution in [-0.2, 0) is 11.2 Å². The zero-order valence-electron chi connectivity index (χ0n) is 11.7. The lowest BCUT2D eigenvalue weighted by Gasteiger charge is -2.11. The van der Waals surface area contributed by atoms with Gasteiger partial charge in [-0.3, -0.25) is 4.79 Å². The Bertz CT molecular complexity index is 661. The van der Waals surface area contributed by atoms with Crippen LogP contribution in [0.1, 0.15) is 25.0 Å². The highest BCUT2D eigenvalue weighted by molar-refractivity contribution is 6.33. The van der Waals surface area contributed by atoms with E-state index in [-0.39, 0.29) is 5.91 Å². The van der Waals surface area contributed by atoms with Crippen LogP contribution in [0.15, 0.2) is 36.4 Å². The van der Waals surface area contributed by atoms with Gasteiger partial charge in [0, 0.05) is 24.1 Å². The second-order valence-corrected chi connectivity index (χ2v) is 5.12. The number of nitrogens with one attached hydrogen (secondary N) is 1. The van der Waals surface area contributed by atoms with Crippen molar-refractivity contribution in [2.75, 3.05) is 6.54 Å². The third-order valence-electron chi connectivity index (χ3n) is 3.22. The molecule has 104 valence electrons. The van der Waals surface area contributed by atoms with Crippen LogP contribution < -0.4 is 5.32 Å². The molecule has 0 unspecified atom stereocenters. The molecule has 2 aromatic carbocycles. The predicted molar refractivity (Wildman–Crippen MR) is 86.1 cm³/mol. The van der Waals surface area contributed by atoms with Crippen molar-refractivity contribution in [3.05, 3.63) is 52.6 Å². The van der Waals surface area contributed by atoms with Crippen LogP contribution in [0.3, 0.4) is 0 Å². The first-order valence-corrected chi connectivity index (χ1v) is 7.08. The molecule has 0 aliphatic rings. The number of hydrogen-bond acceptors (Lipinski definition) is 1. The second kappa shape index (κ2) is 6.58. The standard InChI is InChI=1S/C17H18ClNO/c1-3-5-15-16(18)9-8-13-6-4-7-14(17(13)15)10-11-19-12(2)20/h3-9H,10-11H2,1-2H3,(H,19,20). The third kappa shape index (κ3) is 3.20. The van der Waals surface area contributed by atoms with Gasteiger partial charge in [0.25, 0.3) is 0 Å². The van der Waals surface area contributed by atoms with Gasteiger partial charge in [-0.25, -0.2) is 0 Å². The number of rotatable bonds is 4. The van der Waals surface area contributed by atoms with E-state index in [1.54, 1.807) is 0 Å². The van der Waals surface area contributed by atoms with Crippen LogP contribution in [0.5, 0.6) is 0 Å². The molecule has 1 amide bonds. The first-order chi connectivity index (χ1) is 9.63. The average Bonchev–Trinajstić information content (AvgIpc) is 2.42. The Hall–Kier alpha value is -1.80. The van der Waals surface area contributed by atoms with E-state index in [1.165, 1.54) is 23.3 Å². The van der Waals surface area contributed by atoms with Crippen molar-refractivity contribution < 1.29 is 4.79 Å². The van der Waals surface area contributed by atoms with E-state index >= 15 is 0 Å². The summed E-state index contributed by atoms with van der Waals surface area (Å²) in [6.07, 6.45) is 4.82. The van der Waals surface area contributed by atoms with Crippen LogP contribution in [0.25, 0.3) is 16.8 Å². The largest absolute Gasteiger partial charge is 0.356 e. The zero-order chi connectivity index (χ0) is 14.5. The first-order valence-electron chi connectivity index (χ1n) is 6.70. The number of halogens is 1.